The van der Waals surface area contributed by atoms with Gasteiger partial charge in [-0.25, -0.2) is 15.0 Å². The van der Waals surface area contributed by atoms with E-state index in [0.29, 0.717) is 17.0 Å². The maximum Gasteiger partial charge on any atom is 0.168 e. The van der Waals surface area contributed by atoms with Crippen molar-refractivity contribution in [1.29, 1.82) is 0 Å². The Morgan fingerprint density at radius 2 is 2.04 bits per heavy atom. The number of rotatable bonds is 4. The summed E-state index contributed by atoms with van der Waals surface area (Å²) in [6.45, 7) is -0.273. The molecule has 0 aliphatic carbocycles. The molecule has 1 aromatic carbocycles. The van der Waals surface area contributed by atoms with Crippen molar-refractivity contribution in [1.82, 2.24) is 19.5 Å². The number of anilines is 1. The lowest BCUT2D eigenvalue weighted by molar-refractivity contribution is -0.0535. The summed E-state index contributed by atoms with van der Waals surface area (Å²) in [4.78, 5) is 13.1. The Bertz CT molecular complexity index is 916. The first-order valence-electron chi connectivity index (χ1n) is 8.16. The molecule has 3 heterocycles. The zero-order valence-electron chi connectivity index (χ0n) is 14.1. The molecule has 1 fully saturated rings. The van der Waals surface area contributed by atoms with Crippen molar-refractivity contribution in [3.63, 3.8) is 0 Å². The van der Waals surface area contributed by atoms with Crippen LogP contribution in [-0.2, 0) is 9.47 Å². The fourth-order valence-electron chi connectivity index (χ4n) is 3.23. The third-order valence-corrected chi connectivity index (χ3v) is 4.52. The minimum absolute atomic E-state index is 0.238. The molecule has 0 unspecified atom stereocenters. The molecular formula is C17H19N5O4. The molecule has 1 aliphatic heterocycles. The summed E-state index contributed by atoms with van der Waals surface area (Å²) in [5.74, 6) is 0.689. The fourth-order valence-corrected chi connectivity index (χ4v) is 3.23. The standard InChI is InChI=1S/C17H19N5O4/c1-25-13-10(7-23)26-17(12(13)24)22-8-19-11-14(18)20-15(21-16(11)22)9-5-3-2-4-6-9/h2-6,8,10,12-13,17,23-24H,7H2,1H3,(H2,18,20,21)/t10-,12-,13-,17-/m1/s1. The zero-order valence-corrected chi connectivity index (χ0v) is 14.1. The molecule has 2 aromatic heterocycles. The van der Waals surface area contributed by atoms with Crippen LogP contribution in [0, 0.1) is 0 Å². The molecule has 26 heavy (non-hydrogen) atoms. The molecule has 4 rings (SSSR count). The topological polar surface area (TPSA) is 129 Å². The molecule has 3 aromatic rings. The molecule has 1 aliphatic rings. The SMILES string of the molecule is CO[C@H]1[C@@H](O)[C@H](n2cnc3c(N)nc(-c4ccccc4)nc32)O[C@@H]1CO. The first-order valence-corrected chi connectivity index (χ1v) is 8.16. The van der Waals surface area contributed by atoms with Gasteiger partial charge in [0.1, 0.15) is 23.8 Å². The highest BCUT2D eigenvalue weighted by molar-refractivity contribution is 5.83. The van der Waals surface area contributed by atoms with Crippen molar-refractivity contribution in [2.45, 2.75) is 24.5 Å². The number of ether oxygens (including phenoxy) is 2. The lowest BCUT2D eigenvalue weighted by Crippen LogP contribution is -2.35. The lowest BCUT2D eigenvalue weighted by atomic mass is 10.1. The number of nitrogen functional groups attached to an aromatic ring is 1. The summed E-state index contributed by atoms with van der Waals surface area (Å²) in [5, 5.41) is 20.0. The van der Waals surface area contributed by atoms with Gasteiger partial charge in [0.05, 0.1) is 12.9 Å². The van der Waals surface area contributed by atoms with Gasteiger partial charge in [0.15, 0.2) is 23.5 Å². The third kappa shape index (κ3) is 2.61. The molecule has 4 N–H and O–H groups in total. The maximum atomic E-state index is 10.6. The Labute approximate surface area is 149 Å². The van der Waals surface area contributed by atoms with Crippen LogP contribution in [-0.4, -0.2) is 61.8 Å². The van der Waals surface area contributed by atoms with Gasteiger partial charge in [0, 0.05) is 12.7 Å². The second kappa shape index (κ2) is 6.61. The van der Waals surface area contributed by atoms with E-state index in [1.165, 1.54) is 13.4 Å². The van der Waals surface area contributed by atoms with Crippen LogP contribution in [0.3, 0.4) is 0 Å². The van der Waals surface area contributed by atoms with Crippen molar-refractivity contribution in [2.75, 3.05) is 19.5 Å². The predicted octanol–water partition coefficient (Wildman–Crippen LogP) is 0.341. The normalized spacial score (nSPS) is 25.8. The Morgan fingerprint density at radius 3 is 2.69 bits per heavy atom. The quantitative estimate of drug-likeness (QED) is 0.610. The molecular weight excluding hydrogens is 338 g/mol. The minimum Gasteiger partial charge on any atom is -0.394 e. The monoisotopic (exact) mass is 357 g/mol. The molecule has 0 radical (unpaired) electrons. The minimum atomic E-state index is -0.995. The van der Waals surface area contributed by atoms with Crippen LogP contribution in [0.5, 0.6) is 0 Å². The first kappa shape index (κ1) is 16.9. The molecule has 0 spiro atoms. The van der Waals surface area contributed by atoms with E-state index in [1.54, 1.807) is 4.57 Å². The van der Waals surface area contributed by atoms with Crippen LogP contribution in [0.15, 0.2) is 36.7 Å². The average molecular weight is 357 g/mol. The summed E-state index contributed by atoms with van der Waals surface area (Å²) >= 11 is 0. The van der Waals surface area contributed by atoms with Gasteiger partial charge in [0.2, 0.25) is 0 Å². The number of aromatic nitrogens is 4. The molecule has 0 saturated carbocycles. The number of nitrogens with zero attached hydrogens (tertiary/aromatic N) is 4. The van der Waals surface area contributed by atoms with E-state index in [-0.39, 0.29) is 12.4 Å². The molecule has 1 saturated heterocycles. The number of hydrogen-bond donors (Lipinski definition) is 3. The molecule has 9 nitrogen and oxygen atoms in total. The highest BCUT2D eigenvalue weighted by atomic mass is 16.6. The highest BCUT2D eigenvalue weighted by Gasteiger charge is 2.45. The van der Waals surface area contributed by atoms with E-state index in [2.05, 4.69) is 15.0 Å². The van der Waals surface area contributed by atoms with Crippen molar-refractivity contribution in [3.05, 3.63) is 36.7 Å². The van der Waals surface area contributed by atoms with Crippen molar-refractivity contribution < 1.29 is 19.7 Å². The Hall–Kier alpha value is -2.59. The van der Waals surface area contributed by atoms with E-state index in [4.69, 9.17) is 15.2 Å². The van der Waals surface area contributed by atoms with Gasteiger partial charge >= 0.3 is 0 Å². The van der Waals surface area contributed by atoms with E-state index < -0.39 is 24.5 Å². The molecule has 9 heteroatoms. The Morgan fingerprint density at radius 1 is 1.27 bits per heavy atom. The van der Waals surface area contributed by atoms with Gasteiger partial charge in [0.25, 0.3) is 0 Å². The van der Waals surface area contributed by atoms with Gasteiger partial charge in [-0.3, -0.25) is 4.57 Å². The van der Waals surface area contributed by atoms with E-state index in [1.807, 2.05) is 30.3 Å². The van der Waals surface area contributed by atoms with Crippen molar-refractivity contribution in [3.8, 4) is 11.4 Å². The second-order valence-corrected chi connectivity index (χ2v) is 6.06. The van der Waals surface area contributed by atoms with E-state index in [0.717, 1.165) is 5.56 Å². The number of fused-ring (bicyclic) bond motifs is 1. The van der Waals surface area contributed by atoms with Crippen LogP contribution >= 0.6 is 0 Å². The predicted molar refractivity (Wildman–Crippen MR) is 93.0 cm³/mol. The first-order chi connectivity index (χ1) is 12.6. The Kier molecular flexibility index (Phi) is 4.29. The van der Waals surface area contributed by atoms with Crippen LogP contribution in [0.4, 0.5) is 5.82 Å². The molecule has 136 valence electrons. The summed E-state index contributed by atoms with van der Waals surface area (Å²) in [5.41, 5.74) is 7.72. The van der Waals surface area contributed by atoms with Crippen LogP contribution in [0.1, 0.15) is 6.23 Å². The van der Waals surface area contributed by atoms with Crippen LogP contribution < -0.4 is 5.73 Å². The molecule has 0 bridgehead atoms. The van der Waals surface area contributed by atoms with Crippen LogP contribution in [0.25, 0.3) is 22.6 Å². The molecule has 4 atom stereocenters. The van der Waals surface area contributed by atoms with Gasteiger partial charge in [-0.2, -0.15) is 0 Å². The van der Waals surface area contributed by atoms with E-state index >= 15 is 0 Å². The third-order valence-electron chi connectivity index (χ3n) is 4.52. The number of nitrogens with two attached hydrogens (primary N) is 1. The maximum absolute atomic E-state index is 10.6. The summed E-state index contributed by atoms with van der Waals surface area (Å²) in [6, 6.07) is 9.43. The highest BCUT2D eigenvalue weighted by Crippen LogP contribution is 2.33. The van der Waals surface area contributed by atoms with Gasteiger partial charge in [-0.05, 0) is 0 Å². The second-order valence-electron chi connectivity index (χ2n) is 6.06. The largest absolute Gasteiger partial charge is 0.394 e. The number of imidazole rings is 1. The summed E-state index contributed by atoms with van der Waals surface area (Å²) < 4.78 is 12.6. The van der Waals surface area contributed by atoms with Crippen LogP contribution in [0.2, 0.25) is 0 Å². The number of aliphatic hydroxyl groups excluding tert-OH is 2. The Balaban J connectivity index is 1.81. The average Bonchev–Trinajstić information content (AvgIpc) is 3.23. The number of hydrogen-bond acceptors (Lipinski definition) is 8. The lowest BCUT2D eigenvalue weighted by Gasteiger charge is -2.18. The van der Waals surface area contributed by atoms with E-state index in [9.17, 15) is 10.2 Å². The summed E-state index contributed by atoms with van der Waals surface area (Å²) in [6.07, 6.45) is -1.61. The molecule has 0 amide bonds. The smallest absolute Gasteiger partial charge is 0.168 e. The van der Waals surface area contributed by atoms with Gasteiger partial charge < -0.3 is 25.4 Å². The van der Waals surface area contributed by atoms with Gasteiger partial charge in [-0.1, -0.05) is 30.3 Å². The summed E-state index contributed by atoms with van der Waals surface area (Å²) in [7, 11) is 1.46. The number of benzene rings is 1. The number of methoxy groups -OCH3 is 1. The fraction of sp³-hybridized carbons (Fsp3) is 0.353. The van der Waals surface area contributed by atoms with Crippen molar-refractivity contribution >= 4 is 17.0 Å². The van der Waals surface area contributed by atoms with Crippen molar-refractivity contribution in [2.24, 2.45) is 0 Å². The number of aliphatic hydroxyl groups is 2. The zero-order chi connectivity index (χ0) is 18.3. The van der Waals surface area contributed by atoms with Gasteiger partial charge in [-0.15, -0.1) is 0 Å².